The van der Waals surface area contributed by atoms with Crippen molar-refractivity contribution in [3.63, 3.8) is 0 Å². The van der Waals surface area contributed by atoms with E-state index in [1.54, 1.807) is 4.98 Å². The van der Waals surface area contributed by atoms with Crippen LogP contribution in [-0.4, -0.2) is 50.3 Å². The normalized spacial score (nSPS) is 23.6. The van der Waals surface area contributed by atoms with Crippen molar-refractivity contribution in [1.82, 2.24) is 9.55 Å². The van der Waals surface area contributed by atoms with E-state index < -0.39 is 61.6 Å². The second kappa shape index (κ2) is 14.3. The van der Waals surface area contributed by atoms with Crippen LogP contribution in [0.5, 0.6) is 0 Å². The Bertz CT molecular complexity index is 1010. The molecule has 0 aromatic carbocycles. The lowest BCUT2D eigenvalue weighted by Crippen LogP contribution is -2.47. The van der Waals surface area contributed by atoms with E-state index in [9.17, 15) is 33.3 Å². The summed E-state index contributed by atoms with van der Waals surface area (Å²) in [4.78, 5) is 47.1. The number of ether oxygens (including phenoxy) is 1. The van der Waals surface area contributed by atoms with E-state index in [-0.39, 0.29) is 6.61 Å². The van der Waals surface area contributed by atoms with Crippen molar-refractivity contribution in [2.75, 3.05) is 13.2 Å². The fraction of sp³-hybridized carbons (Fsp3) is 0.783. The predicted molar refractivity (Wildman–Crippen MR) is 129 cm³/mol. The number of unbranched alkanes of at least 4 members (excludes halogenated alkanes) is 9. The molecule has 13 heteroatoms. The number of nitrogens with one attached hydrogen (secondary N) is 1. The van der Waals surface area contributed by atoms with E-state index in [2.05, 4.69) is 6.92 Å². The number of aromatic amines is 1. The Kier molecular flexibility index (Phi) is 12.1. The first-order chi connectivity index (χ1) is 17.0. The molecule has 4 atom stereocenters. The summed E-state index contributed by atoms with van der Waals surface area (Å²) in [5.41, 5.74) is -4.41. The van der Waals surface area contributed by atoms with Gasteiger partial charge in [0.2, 0.25) is 5.82 Å². The Morgan fingerprint density at radius 1 is 1.17 bits per heavy atom. The zero-order valence-corrected chi connectivity index (χ0v) is 21.8. The van der Waals surface area contributed by atoms with Gasteiger partial charge in [-0.2, -0.15) is 4.39 Å². The Hall–Kier alpha value is -1.69. The number of halogens is 1. The van der Waals surface area contributed by atoms with Gasteiger partial charge >= 0.3 is 13.5 Å². The molecule has 1 aromatic heterocycles. The largest absolute Gasteiger partial charge is 0.472 e. The third-order valence-corrected chi connectivity index (χ3v) is 7.31. The van der Waals surface area contributed by atoms with Crippen LogP contribution in [0.2, 0.25) is 0 Å². The lowest BCUT2D eigenvalue weighted by Gasteiger charge is -2.25. The van der Waals surface area contributed by atoms with E-state index in [0.29, 0.717) is 17.2 Å². The molecule has 1 aliphatic heterocycles. The summed E-state index contributed by atoms with van der Waals surface area (Å²) in [6.45, 7) is 2.57. The highest BCUT2D eigenvalue weighted by molar-refractivity contribution is 7.47. The zero-order chi connectivity index (χ0) is 26.8. The van der Waals surface area contributed by atoms with Crippen LogP contribution < -0.4 is 11.2 Å². The number of aromatic nitrogens is 2. The maximum atomic E-state index is 13.7. The number of H-pyrrole nitrogens is 1. The standard InChI is InChI=1S/C23H38FN2O9P/c1-3-4-5-6-7-8-9-10-11-12-13-33-36(31,32)34-16-19-23(30,17(2)27)14-20(35-19)26-15-18(24)21(28)25-22(26)29/h15,19-20,30H,3-14,16H2,1-2H3,(H,31,32)(H,25,28,29)/t19-,20-,23-/m1/s1. The molecule has 206 valence electrons. The van der Waals surface area contributed by atoms with Crippen LogP contribution in [0.15, 0.2) is 15.8 Å². The first-order valence-corrected chi connectivity index (χ1v) is 14.0. The van der Waals surface area contributed by atoms with E-state index in [1.165, 1.54) is 38.5 Å². The van der Waals surface area contributed by atoms with Crippen molar-refractivity contribution in [2.24, 2.45) is 0 Å². The topological polar surface area (TPSA) is 157 Å². The van der Waals surface area contributed by atoms with Crippen LogP contribution in [0.3, 0.4) is 0 Å². The van der Waals surface area contributed by atoms with Crippen LogP contribution in [0.4, 0.5) is 4.39 Å². The van der Waals surface area contributed by atoms with Gasteiger partial charge < -0.3 is 14.7 Å². The third kappa shape index (κ3) is 9.00. The first kappa shape index (κ1) is 30.5. The highest BCUT2D eigenvalue weighted by atomic mass is 31.2. The fourth-order valence-electron chi connectivity index (χ4n) is 4.10. The quantitative estimate of drug-likeness (QED) is 0.201. The maximum absolute atomic E-state index is 13.7. The Morgan fingerprint density at radius 3 is 2.33 bits per heavy atom. The Balaban J connectivity index is 1.80. The summed E-state index contributed by atoms with van der Waals surface area (Å²) in [5, 5.41) is 10.8. The van der Waals surface area contributed by atoms with Gasteiger partial charge in [-0.3, -0.25) is 28.2 Å². The van der Waals surface area contributed by atoms with Crippen LogP contribution >= 0.6 is 7.82 Å². The molecule has 1 unspecified atom stereocenters. The van der Waals surface area contributed by atoms with Gasteiger partial charge in [0, 0.05) is 6.42 Å². The molecular weight excluding hydrogens is 498 g/mol. The molecule has 2 heterocycles. The summed E-state index contributed by atoms with van der Waals surface area (Å²) >= 11 is 0. The van der Waals surface area contributed by atoms with Gasteiger partial charge in [-0.15, -0.1) is 0 Å². The Labute approximate surface area is 209 Å². The van der Waals surface area contributed by atoms with Crippen molar-refractivity contribution in [2.45, 2.75) is 102 Å². The molecule has 0 amide bonds. The van der Waals surface area contributed by atoms with Gasteiger partial charge in [-0.05, 0) is 13.3 Å². The van der Waals surface area contributed by atoms with Gasteiger partial charge in [0.25, 0.3) is 5.56 Å². The van der Waals surface area contributed by atoms with Crippen LogP contribution in [-0.2, 0) is 23.1 Å². The van der Waals surface area contributed by atoms with Crippen molar-refractivity contribution >= 4 is 13.6 Å². The van der Waals surface area contributed by atoms with Crippen molar-refractivity contribution in [1.29, 1.82) is 0 Å². The summed E-state index contributed by atoms with van der Waals surface area (Å²) in [6, 6.07) is 0. The molecule has 36 heavy (non-hydrogen) atoms. The number of ketones is 1. The molecule has 3 N–H and O–H groups in total. The van der Waals surface area contributed by atoms with Crippen LogP contribution in [0, 0.1) is 5.82 Å². The van der Waals surface area contributed by atoms with Crippen molar-refractivity contribution in [3.05, 3.63) is 32.9 Å². The summed E-state index contributed by atoms with van der Waals surface area (Å²) < 4.78 is 42.0. The van der Waals surface area contributed by atoms with E-state index in [4.69, 9.17) is 13.8 Å². The minimum atomic E-state index is -4.50. The molecule has 2 rings (SSSR count). The molecule has 0 aliphatic carbocycles. The fourth-order valence-corrected chi connectivity index (χ4v) is 4.86. The number of rotatable bonds is 17. The molecule has 0 spiro atoms. The van der Waals surface area contributed by atoms with Gasteiger partial charge in [0.1, 0.15) is 12.3 Å². The zero-order valence-electron chi connectivity index (χ0n) is 20.9. The minimum Gasteiger partial charge on any atom is -0.379 e. The van der Waals surface area contributed by atoms with Crippen molar-refractivity contribution in [3.8, 4) is 0 Å². The average molecular weight is 537 g/mol. The third-order valence-electron chi connectivity index (χ3n) is 6.33. The lowest BCUT2D eigenvalue weighted by atomic mass is 9.91. The number of phosphoric ester groups is 1. The second-order valence-electron chi connectivity index (χ2n) is 9.19. The smallest absolute Gasteiger partial charge is 0.379 e. The maximum Gasteiger partial charge on any atom is 0.472 e. The number of Topliss-reactive ketones (excluding diaryl/α,β-unsaturated/α-hetero) is 1. The van der Waals surface area contributed by atoms with E-state index >= 15 is 0 Å². The van der Waals surface area contributed by atoms with Crippen molar-refractivity contribution < 1.29 is 37.5 Å². The number of carbonyl (C=O) groups excluding carboxylic acids is 1. The highest BCUT2D eigenvalue weighted by Gasteiger charge is 2.52. The molecule has 1 fully saturated rings. The number of hydrogen-bond acceptors (Lipinski definition) is 8. The molecule has 11 nitrogen and oxygen atoms in total. The molecular formula is C23H38FN2O9P. The molecule has 1 saturated heterocycles. The molecule has 0 bridgehead atoms. The monoisotopic (exact) mass is 536 g/mol. The van der Waals surface area contributed by atoms with E-state index in [1.807, 2.05) is 0 Å². The van der Waals surface area contributed by atoms with Crippen LogP contribution in [0.25, 0.3) is 0 Å². The summed E-state index contributed by atoms with van der Waals surface area (Å²) in [6.07, 6.45) is 8.32. The number of aliphatic hydroxyl groups is 1. The van der Waals surface area contributed by atoms with Gasteiger partial charge in [0.15, 0.2) is 11.4 Å². The second-order valence-corrected chi connectivity index (χ2v) is 10.6. The number of nitrogens with zero attached hydrogens (tertiary/aromatic N) is 1. The summed E-state index contributed by atoms with van der Waals surface area (Å²) in [5.74, 6) is -2.00. The number of hydrogen-bond donors (Lipinski definition) is 3. The van der Waals surface area contributed by atoms with E-state index in [0.717, 1.165) is 26.2 Å². The van der Waals surface area contributed by atoms with Gasteiger partial charge in [0.05, 0.1) is 19.4 Å². The predicted octanol–water partition coefficient (Wildman–Crippen LogP) is 3.34. The number of carbonyl (C=O) groups is 1. The minimum absolute atomic E-state index is 0.00144. The first-order valence-electron chi connectivity index (χ1n) is 12.5. The highest BCUT2D eigenvalue weighted by Crippen LogP contribution is 2.46. The van der Waals surface area contributed by atoms with Gasteiger partial charge in [-0.25, -0.2) is 9.36 Å². The molecule has 1 aromatic rings. The van der Waals surface area contributed by atoms with Gasteiger partial charge in [-0.1, -0.05) is 64.7 Å². The van der Waals surface area contributed by atoms with Crippen LogP contribution in [0.1, 0.15) is 90.7 Å². The summed E-state index contributed by atoms with van der Waals surface area (Å²) in [7, 11) is -4.50. The molecule has 1 aliphatic rings. The average Bonchev–Trinajstić information content (AvgIpc) is 3.16. The molecule has 0 radical (unpaired) electrons. The molecule has 0 saturated carbocycles. The Morgan fingerprint density at radius 2 is 1.75 bits per heavy atom. The lowest BCUT2D eigenvalue weighted by molar-refractivity contribution is -0.144. The SMILES string of the molecule is CCCCCCCCCCCCOP(=O)(O)OC[C@H]1O[C@@H](n2cc(F)c(=O)[nH]c2=O)C[C@@]1(O)C(C)=O. The number of phosphoric acid groups is 1.